The molecule has 4 rings (SSSR count). The Bertz CT molecular complexity index is 1170. The third kappa shape index (κ3) is 3.31. The lowest BCUT2D eigenvalue weighted by molar-refractivity contribution is 0.414. The van der Waals surface area contributed by atoms with E-state index in [4.69, 9.17) is 4.74 Å². The summed E-state index contributed by atoms with van der Waals surface area (Å²) in [7, 11) is 1.57. The number of rotatable bonds is 5. The molecule has 2 heterocycles. The van der Waals surface area contributed by atoms with Gasteiger partial charge in [0.05, 0.1) is 12.8 Å². The molecule has 0 N–H and O–H groups in total. The second kappa shape index (κ2) is 7.24. The number of hydrogen-bond donors (Lipinski definition) is 0. The first kappa shape index (κ1) is 17.3. The Kier molecular flexibility index (Phi) is 4.64. The highest BCUT2D eigenvalue weighted by molar-refractivity contribution is 7.98. The van der Waals surface area contributed by atoms with Crippen LogP contribution in [0.2, 0.25) is 0 Å². The van der Waals surface area contributed by atoms with E-state index in [0.717, 1.165) is 0 Å². The van der Waals surface area contributed by atoms with Crippen LogP contribution in [-0.2, 0) is 5.75 Å². The van der Waals surface area contributed by atoms with E-state index in [9.17, 15) is 9.18 Å². The van der Waals surface area contributed by atoms with Gasteiger partial charge in [-0.2, -0.15) is 0 Å². The highest BCUT2D eigenvalue weighted by Gasteiger charge is 2.13. The molecule has 0 radical (unpaired) electrons. The summed E-state index contributed by atoms with van der Waals surface area (Å²) in [4.78, 5) is 12.8. The number of thioether (sulfide) groups is 1. The molecule has 0 amide bonds. The van der Waals surface area contributed by atoms with Crippen molar-refractivity contribution in [3.05, 3.63) is 82.7 Å². The standard InChI is InChI=1S/C19H15FN4O2S/c1-26-15-7-4-6-14(11-15)23-9-10-24-17(18(23)25)21-22-19(24)27-12-13-5-2-3-8-16(13)20/h2-11H,12H2,1H3. The summed E-state index contributed by atoms with van der Waals surface area (Å²) in [5, 5.41) is 8.63. The average molecular weight is 382 g/mol. The first-order valence-electron chi connectivity index (χ1n) is 8.14. The molecular weight excluding hydrogens is 367 g/mol. The molecule has 0 bridgehead atoms. The molecular formula is C19H15FN4O2S. The number of fused-ring (bicyclic) bond motifs is 1. The van der Waals surface area contributed by atoms with Crippen LogP contribution in [0.25, 0.3) is 11.3 Å². The molecule has 27 heavy (non-hydrogen) atoms. The van der Waals surface area contributed by atoms with E-state index in [-0.39, 0.29) is 17.0 Å². The van der Waals surface area contributed by atoms with Gasteiger partial charge in [0.2, 0.25) is 5.65 Å². The van der Waals surface area contributed by atoms with Crippen LogP contribution in [0.5, 0.6) is 5.75 Å². The fraction of sp³-hybridized carbons (Fsp3) is 0.105. The summed E-state index contributed by atoms with van der Waals surface area (Å²) in [5.74, 6) is 0.785. The van der Waals surface area contributed by atoms with Crippen LogP contribution in [0.4, 0.5) is 4.39 Å². The highest BCUT2D eigenvalue weighted by atomic mass is 32.2. The summed E-state index contributed by atoms with van der Waals surface area (Å²) in [6, 6.07) is 13.8. The molecule has 0 aliphatic heterocycles. The molecule has 0 unspecified atom stereocenters. The van der Waals surface area contributed by atoms with Crippen LogP contribution in [0.15, 0.2) is 70.9 Å². The lowest BCUT2D eigenvalue weighted by Gasteiger charge is -2.08. The fourth-order valence-electron chi connectivity index (χ4n) is 2.69. The maximum absolute atomic E-state index is 13.8. The van der Waals surface area contributed by atoms with E-state index in [2.05, 4.69) is 10.2 Å². The van der Waals surface area contributed by atoms with Crippen LogP contribution in [0.3, 0.4) is 0 Å². The number of nitrogens with zero attached hydrogens (tertiary/aromatic N) is 4. The van der Waals surface area contributed by atoms with Gasteiger partial charge in [0.25, 0.3) is 0 Å². The van der Waals surface area contributed by atoms with E-state index >= 15 is 0 Å². The monoisotopic (exact) mass is 382 g/mol. The molecule has 2 aromatic carbocycles. The number of halogens is 1. The van der Waals surface area contributed by atoms with E-state index in [1.807, 2.05) is 18.2 Å². The first-order valence-corrected chi connectivity index (χ1v) is 9.13. The van der Waals surface area contributed by atoms with Crippen molar-refractivity contribution in [2.45, 2.75) is 10.9 Å². The van der Waals surface area contributed by atoms with Crippen molar-refractivity contribution in [1.29, 1.82) is 0 Å². The van der Waals surface area contributed by atoms with Crippen LogP contribution in [0.1, 0.15) is 5.56 Å². The predicted molar refractivity (Wildman–Crippen MR) is 101 cm³/mol. The van der Waals surface area contributed by atoms with Crippen LogP contribution < -0.4 is 10.3 Å². The maximum Gasteiger partial charge on any atom is 0.300 e. The van der Waals surface area contributed by atoms with Crippen molar-refractivity contribution in [2.75, 3.05) is 7.11 Å². The number of benzene rings is 2. The molecule has 0 fully saturated rings. The van der Waals surface area contributed by atoms with Gasteiger partial charge in [0.15, 0.2) is 5.16 Å². The minimum atomic E-state index is -0.295. The lowest BCUT2D eigenvalue weighted by Crippen LogP contribution is -2.20. The molecule has 136 valence electrons. The fourth-order valence-corrected chi connectivity index (χ4v) is 3.59. The number of aromatic nitrogens is 4. The molecule has 6 nitrogen and oxygen atoms in total. The second-order valence-electron chi connectivity index (χ2n) is 5.73. The van der Waals surface area contributed by atoms with Gasteiger partial charge in [-0.05, 0) is 23.8 Å². The van der Waals surface area contributed by atoms with Crippen LogP contribution in [-0.4, -0.2) is 26.3 Å². The predicted octanol–water partition coefficient (Wildman–Crippen LogP) is 3.32. The Hall–Kier alpha value is -3.13. The van der Waals surface area contributed by atoms with Crippen molar-refractivity contribution in [3.63, 3.8) is 0 Å². The quantitative estimate of drug-likeness (QED) is 0.496. The van der Waals surface area contributed by atoms with Gasteiger partial charge in [-0.15, -0.1) is 10.2 Å². The maximum atomic E-state index is 13.8. The summed E-state index contributed by atoms with van der Waals surface area (Å²) in [6.45, 7) is 0. The molecule has 4 aromatic rings. The summed E-state index contributed by atoms with van der Waals surface area (Å²) >= 11 is 1.32. The SMILES string of the molecule is COc1cccc(-n2ccn3c(SCc4ccccc4F)nnc3c2=O)c1. The zero-order valence-corrected chi connectivity index (χ0v) is 15.2. The van der Waals surface area contributed by atoms with Crippen LogP contribution >= 0.6 is 11.8 Å². The van der Waals surface area contributed by atoms with Gasteiger partial charge in [0, 0.05) is 24.2 Å². The van der Waals surface area contributed by atoms with E-state index < -0.39 is 0 Å². The van der Waals surface area contributed by atoms with Gasteiger partial charge in [-0.3, -0.25) is 13.8 Å². The third-order valence-electron chi connectivity index (χ3n) is 4.09. The Morgan fingerprint density at radius 3 is 2.78 bits per heavy atom. The molecule has 0 aliphatic carbocycles. The van der Waals surface area contributed by atoms with Crippen LogP contribution in [0, 0.1) is 5.82 Å². The van der Waals surface area contributed by atoms with E-state index in [0.29, 0.717) is 27.9 Å². The Morgan fingerprint density at radius 1 is 1.11 bits per heavy atom. The molecule has 2 aromatic heterocycles. The Morgan fingerprint density at radius 2 is 1.96 bits per heavy atom. The van der Waals surface area contributed by atoms with Crippen molar-refractivity contribution < 1.29 is 9.13 Å². The average Bonchev–Trinajstić information content (AvgIpc) is 3.12. The van der Waals surface area contributed by atoms with Gasteiger partial charge in [0.1, 0.15) is 11.6 Å². The molecule has 0 atom stereocenters. The summed E-state index contributed by atoms with van der Waals surface area (Å²) in [6.07, 6.45) is 3.38. The number of hydrogen-bond acceptors (Lipinski definition) is 5. The largest absolute Gasteiger partial charge is 0.497 e. The normalized spacial score (nSPS) is 11.0. The van der Waals surface area contributed by atoms with Crippen molar-refractivity contribution >= 4 is 17.4 Å². The Balaban J connectivity index is 1.67. The summed E-state index contributed by atoms with van der Waals surface area (Å²) < 4.78 is 22.1. The molecule has 0 saturated heterocycles. The molecule has 8 heteroatoms. The van der Waals surface area contributed by atoms with Gasteiger partial charge < -0.3 is 4.74 Å². The van der Waals surface area contributed by atoms with Gasteiger partial charge >= 0.3 is 5.56 Å². The molecule has 0 spiro atoms. The van der Waals surface area contributed by atoms with Gasteiger partial charge in [-0.1, -0.05) is 36.0 Å². The minimum Gasteiger partial charge on any atom is -0.497 e. The zero-order chi connectivity index (χ0) is 18.8. The molecule has 0 aliphatic rings. The number of methoxy groups -OCH3 is 1. The smallest absolute Gasteiger partial charge is 0.300 e. The topological polar surface area (TPSA) is 61.4 Å². The van der Waals surface area contributed by atoms with Crippen molar-refractivity contribution in [3.8, 4) is 11.4 Å². The van der Waals surface area contributed by atoms with Gasteiger partial charge in [-0.25, -0.2) is 4.39 Å². The third-order valence-corrected chi connectivity index (χ3v) is 5.08. The lowest BCUT2D eigenvalue weighted by atomic mass is 10.2. The van der Waals surface area contributed by atoms with Crippen molar-refractivity contribution in [2.24, 2.45) is 0 Å². The van der Waals surface area contributed by atoms with E-state index in [1.54, 1.807) is 48.2 Å². The zero-order valence-electron chi connectivity index (χ0n) is 14.4. The summed E-state index contributed by atoms with van der Waals surface area (Å²) in [5.41, 5.74) is 1.15. The number of ether oxygens (including phenoxy) is 1. The molecule has 0 saturated carbocycles. The highest BCUT2D eigenvalue weighted by Crippen LogP contribution is 2.23. The second-order valence-corrected chi connectivity index (χ2v) is 6.67. The first-order chi connectivity index (χ1) is 13.2. The Labute approximate surface area is 158 Å². The minimum absolute atomic E-state index is 0.205. The van der Waals surface area contributed by atoms with Crippen molar-refractivity contribution in [1.82, 2.24) is 19.2 Å². The van der Waals surface area contributed by atoms with E-state index in [1.165, 1.54) is 22.4 Å².